The molecule has 9 heteroatoms. The number of aromatic nitrogens is 2. The molecule has 0 saturated carbocycles. The molecule has 0 aromatic carbocycles. The number of carbonyl (C=O) groups excluding carboxylic acids is 2. The number of fused-ring (bicyclic) bond motifs is 1. The summed E-state index contributed by atoms with van der Waals surface area (Å²) in [7, 11) is 3.40. The van der Waals surface area contributed by atoms with Gasteiger partial charge in [0.15, 0.2) is 0 Å². The van der Waals surface area contributed by atoms with Gasteiger partial charge in [0.2, 0.25) is 0 Å². The molecule has 4 atom stereocenters. The Balaban J connectivity index is 1.30. The normalized spacial score (nSPS) is 28.1. The average molecular weight is 440 g/mol. The first-order valence-corrected chi connectivity index (χ1v) is 11.1. The van der Waals surface area contributed by atoms with E-state index in [1.807, 2.05) is 13.8 Å². The fraction of sp³-hybridized carbons (Fsp3) is 0.565. The number of amides is 2. The molecule has 32 heavy (non-hydrogen) atoms. The average Bonchev–Trinajstić information content (AvgIpc) is 3.50. The molecule has 5 rings (SSSR count). The van der Waals surface area contributed by atoms with Crippen molar-refractivity contribution in [1.29, 1.82) is 0 Å². The van der Waals surface area contributed by atoms with Crippen molar-refractivity contribution in [3.63, 3.8) is 0 Å². The summed E-state index contributed by atoms with van der Waals surface area (Å²) in [6.07, 6.45) is 5.38. The summed E-state index contributed by atoms with van der Waals surface area (Å²) >= 11 is 0. The van der Waals surface area contributed by atoms with Crippen LogP contribution < -0.4 is 10.2 Å². The smallest absolute Gasteiger partial charge is 0.273 e. The van der Waals surface area contributed by atoms with E-state index >= 15 is 0 Å². The van der Waals surface area contributed by atoms with Crippen LogP contribution in [0.4, 0.5) is 5.82 Å². The SMILES string of the molecule is Cc1cc(C(=O)NC[C@H]2[C@H]3CN(c4cncc(C(=O)N(C)C)n4)C[C@]34CC[C@H]2O4)c(C)o1. The first-order valence-electron chi connectivity index (χ1n) is 11.1. The van der Waals surface area contributed by atoms with Crippen molar-refractivity contribution < 1.29 is 18.7 Å². The molecule has 9 nitrogen and oxygen atoms in total. The lowest BCUT2D eigenvalue weighted by atomic mass is 9.73. The van der Waals surface area contributed by atoms with E-state index in [4.69, 9.17) is 9.15 Å². The second kappa shape index (κ2) is 7.58. The minimum atomic E-state index is -0.217. The summed E-state index contributed by atoms with van der Waals surface area (Å²) in [6, 6.07) is 1.78. The summed E-state index contributed by atoms with van der Waals surface area (Å²) in [5.41, 5.74) is 0.708. The van der Waals surface area contributed by atoms with E-state index in [0.717, 1.165) is 31.7 Å². The van der Waals surface area contributed by atoms with Gasteiger partial charge in [-0.15, -0.1) is 0 Å². The molecule has 3 fully saturated rings. The Morgan fingerprint density at radius 3 is 2.84 bits per heavy atom. The van der Waals surface area contributed by atoms with E-state index in [2.05, 4.69) is 20.2 Å². The summed E-state index contributed by atoms with van der Waals surface area (Å²) in [6.45, 7) is 5.72. The Bertz CT molecular complexity index is 1070. The molecule has 0 radical (unpaired) electrons. The Labute approximate surface area is 187 Å². The first kappa shape index (κ1) is 20.9. The minimum absolute atomic E-state index is 0.105. The number of hydrogen-bond donors (Lipinski definition) is 1. The molecule has 2 amide bonds. The van der Waals surface area contributed by atoms with Crippen LogP contribution in [-0.4, -0.2) is 72.1 Å². The van der Waals surface area contributed by atoms with E-state index < -0.39 is 0 Å². The van der Waals surface area contributed by atoms with Crippen LogP contribution >= 0.6 is 0 Å². The Hall–Kier alpha value is -2.94. The van der Waals surface area contributed by atoms with Gasteiger partial charge in [0.1, 0.15) is 23.0 Å². The zero-order valence-corrected chi connectivity index (χ0v) is 18.9. The van der Waals surface area contributed by atoms with Crippen molar-refractivity contribution in [3.05, 3.63) is 41.2 Å². The predicted octanol–water partition coefficient (Wildman–Crippen LogP) is 1.80. The van der Waals surface area contributed by atoms with Gasteiger partial charge in [0.25, 0.3) is 11.8 Å². The predicted molar refractivity (Wildman–Crippen MR) is 117 cm³/mol. The molecule has 1 N–H and O–H groups in total. The maximum atomic E-state index is 12.7. The number of aryl methyl sites for hydroxylation is 2. The molecule has 3 aliphatic rings. The molecular weight excluding hydrogens is 410 g/mol. The molecule has 3 saturated heterocycles. The van der Waals surface area contributed by atoms with Gasteiger partial charge in [-0.25, -0.2) is 4.98 Å². The van der Waals surface area contributed by atoms with Gasteiger partial charge >= 0.3 is 0 Å². The molecule has 2 aromatic rings. The van der Waals surface area contributed by atoms with E-state index in [1.165, 1.54) is 11.1 Å². The van der Waals surface area contributed by atoms with Gasteiger partial charge in [-0.1, -0.05) is 0 Å². The summed E-state index contributed by atoms with van der Waals surface area (Å²) in [4.78, 5) is 37.5. The number of carbonyl (C=O) groups is 2. The zero-order valence-electron chi connectivity index (χ0n) is 18.9. The lowest BCUT2D eigenvalue weighted by Gasteiger charge is -2.29. The molecule has 0 aliphatic carbocycles. The van der Waals surface area contributed by atoms with Gasteiger partial charge in [-0.3, -0.25) is 14.6 Å². The van der Waals surface area contributed by atoms with Crippen LogP contribution in [0, 0.1) is 25.7 Å². The highest BCUT2D eigenvalue weighted by Crippen LogP contribution is 2.55. The number of hydrogen-bond acceptors (Lipinski definition) is 7. The second-order valence-corrected chi connectivity index (χ2v) is 9.41. The third kappa shape index (κ3) is 3.35. The number of ether oxygens (including phenoxy) is 1. The number of nitrogens with zero attached hydrogens (tertiary/aromatic N) is 4. The maximum absolute atomic E-state index is 12.7. The molecular formula is C23H29N5O4. The Kier molecular flexibility index (Phi) is 4.96. The van der Waals surface area contributed by atoms with Crippen molar-refractivity contribution in [2.45, 2.75) is 38.4 Å². The second-order valence-electron chi connectivity index (χ2n) is 9.41. The van der Waals surface area contributed by atoms with Crippen LogP contribution in [0.3, 0.4) is 0 Å². The standard InChI is InChI=1S/C23H29N5O4/c1-13-7-15(14(2)31-13)21(29)25-8-16-17-11-28(12-23(17)6-5-19(16)32-23)20-10-24-9-18(26-20)22(30)27(3)4/h7,9-10,16-17,19H,5-6,8,11-12H2,1-4H3,(H,25,29)/t16-,17+,19+,23+/m0/s1. The first-order chi connectivity index (χ1) is 15.3. The Morgan fingerprint density at radius 2 is 2.12 bits per heavy atom. The van der Waals surface area contributed by atoms with Crippen LogP contribution in [0.15, 0.2) is 22.9 Å². The van der Waals surface area contributed by atoms with Crippen LogP contribution in [0.2, 0.25) is 0 Å². The van der Waals surface area contributed by atoms with E-state index in [1.54, 1.807) is 26.4 Å². The number of rotatable bonds is 5. The van der Waals surface area contributed by atoms with Crippen LogP contribution in [0.1, 0.15) is 45.2 Å². The molecule has 0 unspecified atom stereocenters. The summed E-state index contributed by atoms with van der Waals surface area (Å²) in [5.74, 6) is 2.33. The van der Waals surface area contributed by atoms with Gasteiger partial charge in [0.05, 0.1) is 29.7 Å². The van der Waals surface area contributed by atoms with Crippen molar-refractivity contribution in [2.75, 3.05) is 38.6 Å². The highest BCUT2D eigenvalue weighted by atomic mass is 16.5. The molecule has 1 spiro atoms. The van der Waals surface area contributed by atoms with Crippen LogP contribution in [0.25, 0.3) is 0 Å². The molecule has 2 aromatic heterocycles. The van der Waals surface area contributed by atoms with Crippen molar-refractivity contribution >= 4 is 17.6 Å². The fourth-order valence-corrected chi connectivity index (χ4v) is 5.64. The van der Waals surface area contributed by atoms with Crippen molar-refractivity contribution in [3.8, 4) is 0 Å². The molecule has 3 aliphatic heterocycles. The highest BCUT2D eigenvalue weighted by Gasteiger charge is 2.63. The van der Waals surface area contributed by atoms with E-state index in [-0.39, 0.29) is 29.4 Å². The Morgan fingerprint density at radius 1 is 1.31 bits per heavy atom. The van der Waals surface area contributed by atoms with Crippen molar-refractivity contribution in [1.82, 2.24) is 20.2 Å². The lowest BCUT2D eigenvalue weighted by Crippen LogP contribution is -2.41. The van der Waals surface area contributed by atoms with Crippen LogP contribution in [-0.2, 0) is 4.74 Å². The fourth-order valence-electron chi connectivity index (χ4n) is 5.64. The zero-order chi connectivity index (χ0) is 22.6. The monoisotopic (exact) mass is 439 g/mol. The third-order valence-corrected chi connectivity index (χ3v) is 7.14. The number of anilines is 1. The lowest BCUT2D eigenvalue weighted by molar-refractivity contribution is 0.0141. The van der Waals surface area contributed by atoms with Crippen molar-refractivity contribution in [2.24, 2.45) is 11.8 Å². The summed E-state index contributed by atoms with van der Waals surface area (Å²) in [5, 5.41) is 3.10. The largest absolute Gasteiger partial charge is 0.466 e. The summed E-state index contributed by atoms with van der Waals surface area (Å²) < 4.78 is 12.0. The van der Waals surface area contributed by atoms with Gasteiger partial charge < -0.3 is 24.3 Å². The highest BCUT2D eigenvalue weighted by molar-refractivity contribution is 5.95. The minimum Gasteiger partial charge on any atom is -0.466 e. The third-order valence-electron chi connectivity index (χ3n) is 7.14. The van der Waals surface area contributed by atoms with Gasteiger partial charge in [0, 0.05) is 45.6 Å². The number of furan rings is 1. The number of nitrogens with one attached hydrogen (secondary N) is 1. The topological polar surface area (TPSA) is 101 Å². The quantitative estimate of drug-likeness (QED) is 0.758. The molecule has 170 valence electrons. The molecule has 2 bridgehead atoms. The van der Waals surface area contributed by atoms with Gasteiger partial charge in [-0.2, -0.15) is 0 Å². The van der Waals surface area contributed by atoms with E-state index in [9.17, 15) is 9.59 Å². The van der Waals surface area contributed by atoms with Gasteiger partial charge in [-0.05, 0) is 32.8 Å². The van der Waals surface area contributed by atoms with E-state index in [0.29, 0.717) is 35.3 Å². The van der Waals surface area contributed by atoms with Crippen LogP contribution in [0.5, 0.6) is 0 Å². The maximum Gasteiger partial charge on any atom is 0.273 e. The molecule has 5 heterocycles.